The van der Waals surface area contributed by atoms with Gasteiger partial charge in [-0.25, -0.2) is 4.79 Å². The Balaban J connectivity index is 1.81. The number of nitrogens with one attached hydrogen (secondary N) is 4. The Hall–Kier alpha value is -2.12. The zero-order chi connectivity index (χ0) is 15.1. The van der Waals surface area contributed by atoms with Crippen LogP contribution in [0.3, 0.4) is 0 Å². The normalized spacial score (nSPS) is 15.3. The molecule has 4 N–H and O–H groups in total. The predicted molar refractivity (Wildman–Crippen MR) is 82.5 cm³/mol. The number of amides is 3. The van der Waals surface area contributed by atoms with Crippen molar-refractivity contribution in [1.29, 1.82) is 0 Å². The second-order valence-corrected chi connectivity index (χ2v) is 4.86. The fraction of sp³-hybridized carbons (Fsp3) is 0.429. The second-order valence-electron chi connectivity index (χ2n) is 4.86. The first-order chi connectivity index (χ1) is 10.2. The van der Waals surface area contributed by atoms with E-state index in [1.807, 2.05) is 0 Å². The van der Waals surface area contributed by atoms with E-state index in [-0.39, 0.29) is 11.9 Å². The standard InChI is InChI=1S/C14H21N5O2/c1-15-14(21)18-12-4-2-11(3-5-12)17-13(20)10-19-8-6-16-7-9-19/h2-5,16H,6-10H2,1H3,(H,17,20)(H2,15,18,21). The van der Waals surface area contributed by atoms with Crippen LogP contribution in [0.25, 0.3) is 0 Å². The molecule has 1 saturated heterocycles. The number of nitrogens with zero attached hydrogens (tertiary/aromatic N) is 1. The smallest absolute Gasteiger partial charge is 0.318 e. The van der Waals surface area contributed by atoms with Gasteiger partial charge in [0.25, 0.3) is 0 Å². The SMILES string of the molecule is CNC(=O)Nc1ccc(NC(=O)CN2CCNCC2)cc1. The molecule has 0 atom stereocenters. The Labute approximate surface area is 124 Å². The summed E-state index contributed by atoms with van der Waals surface area (Å²) in [5.74, 6) is -0.0242. The van der Waals surface area contributed by atoms with Gasteiger partial charge < -0.3 is 21.3 Å². The zero-order valence-corrected chi connectivity index (χ0v) is 12.1. The third-order valence-corrected chi connectivity index (χ3v) is 3.23. The molecule has 2 rings (SSSR count). The topological polar surface area (TPSA) is 85.5 Å². The summed E-state index contributed by atoms with van der Waals surface area (Å²) in [5.41, 5.74) is 1.40. The maximum absolute atomic E-state index is 11.9. The number of benzene rings is 1. The molecular weight excluding hydrogens is 270 g/mol. The first kappa shape index (κ1) is 15.3. The Bertz CT molecular complexity index is 483. The monoisotopic (exact) mass is 291 g/mol. The van der Waals surface area contributed by atoms with Crippen LogP contribution in [0.5, 0.6) is 0 Å². The molecule has 114 valence electrons. The van der Waals surface area contributed by atoms with E-state index < -0.39 is 0 Å². The molecule has 7 nitrogen and oxygen atoms in total. The number of urea groups is 1. The van der Waals surface area contributed by atoms with E-state index >= 15 is 0 Å². The molecule has 1 fully saturated rings. The molecule has 1 aliphatic heterocycles. The molecule has 0 radical (unpaired) electrons. The van der Waals surface area contributed by atoms with Crippen molar-refractivity contribution in [2.75, 3.05) is 50.4 Å². The van der Waals surface area contributed by atoms with E-state index in [0.29, 0.717) is 12.2 Å². The lowest BCUT2D eigenvalue weighted by Gasteiger charge is -2.26. The van der Waals surface area contributed by atoms with Crippen molar-refractivity contribution in [3.8, 4) is 0 Å². The molecule has 1 heterocycles. The van der Waals surface area contributed by atoms with E-state index in [4.69, 9.17) is 0 Å². The third-order valence-electron chi connectivity index (χ3n) is 3.23. The van der Waals surface area contributed by atoms with Gasteiger partial charge in [0.05, 0.1) is 6.54 Å². The third kappa shape index (κ3) is 5.05. The Kier molecular flexibility index (Phi) is 5.53. The van der Waals surface area contributed by atoms with Gasteiger partial charge in [-0.2, -0.15) is 0 Å². The molecule has 3 amide bonds. The number of carbonyl (C=O) groups is 2. The summed E-state index contributed by atoms with van der Waals surface area (Å²) in [6.07, 6.45) is 0. The molecule has 1 aromatic rings. The number of carbonyl (C=O) groups excluding carboxylic acids is 2. The minimum absolute atomic E-state index is 0.0242. The molecule has 21 heavy (non-hydrogen) atoms. The molecule has 0 saturated carbocycles. The van der Waals surface area contributed by atoms with Crippen molar-refractivity contribution < 1.29 is 9.59 Å². The van der Waals surface area contributed by atoms with Crippen LogP contribution in [0, 0.1) is 0 Å². The van der Waals surface area contributed by atoms with Crippen molar-refractivity contribution >= 4 is 23.3 Å². The van der Waals surface area contributed by atoms with Crippen molar-refractivity contribution in [1.82, 2.24) is 15.5 Å². The number of hydrogen-bond acceptors (Lipinski definition) is 4. The lowest BCUT2D eigenvalue weighted by atomic mass is 10.2. The minimum Gasteiger partial charge on any atom is -0.341 e. The van der Waals surface area contributed by atoms with Gasteiger partial charge in [0.2, 0.25) is 5.91 Å². The van der Waals surface area contributed by atoms with E-state index in [1.165, 1.54) is 0 Å². The van der Waals surface area contributed by atoms with Crippen LogP contribution >= 0.6 is 0 Å². The fourth-order valence-electron chi connectivity index (χ4n) is 2.10. The molecular formula is C14H21N5O2. The van der Waals surface area contributed by atoms with Gasteiger partial charge in [-0.05, 0) is 24.3 Å². The first-order valence-electron chi connectivity index (χ1n) is 6.99. The highest BCUT2D eigenvalue weighted by molar-refractivity contribution is 5.93. The zero-order valence-electron chi connectivity index (χ0n) is 12.1. The molecule has 0 spiro atoms. The molecule has 1 aliphatic rings. The summed E-state index contributed by atoms with van der Waals surface area (Å²) in [6.45, 7) is 4.03. The van der Waals surface area contributed by atoms with Crippen molar-refractivity contribution in [3.05, 3.63) is 24.3 Å². The average molecular weight is 291 g/mol. The molecule has 0 unspecified atom stereocenters. The van der Waals surface area contributed by atoms with Crippen LogP contribution < -0.4 is 21.3 Å². The molecule has 0 bridgehead atoms. The summed E-state index contributed by atoms with van der Waals surface area (Å²) in [6, 6.07) is 6.75. The van der Waals surface area contributed by atoms with Gasteiger partial charge in [-0.1, -0.05) is 0 Å². The van der Waals surface area contributed by atoms with Crippen molar-refractivity contribution in [3.63, 3.8) is 0 Å². The van der Waals surface area contributed by atoms with Crippen LogP contribution in [0.15, 0.2) is 24.3 Å². The number of piperazine rings is 1. The second kappa shape index (κ2) is 7.61. The lowest BCUT2D eigenvalue weighted by molar-refractivity contribution is -0.117. The van der Waals surface area contributed by atoms with E-state index in [9.17, 15) is 9.59 Å². The first-order valence-corrected chi connectivity index (χ1v) is 6.99. The summed E-state index contributed by atoms with van der Waals surface area (Å²) >= 11 is 0. The summed E-state index contributed by atoms with van der Waals surface area (Å²) in [7, 11) is 1.56. The van der Waals surface area contributed by atoms with E-state index in [2.05, 4.69) is 26.2 Å². The Morgan fingerprint density at radius 2 is 1.67 bits per heavy atom. The van der Waals surface area contributed by atoms with Gasteiger partial charge in [-0.15, -0.1) is 0 Å². The van der Waals surface area contributed by atoms with Crippen molar-refractivity contribution in [2.45, 2.75) is 0 Å². The Morgan fingerprint density at radius 1 is 1.10 bits per heavy atom. The van der Waals surface area contributed by atoms with Gasteiger partial charge in [0.1, 0.15) is 0 Å². The Morgan fingerprint density at radius 3 is 2.24 bits per heavy atom. The maximum atomic E-state index is 11.9. The van der Waals surface area contributed by atoms with Gasteiger partial charge >= 0.3 is 6.03 Å². The summed E-state index contributed by atoms with van der Waals surface area (Å²) < 4.78 is 0. The molecule has 0 aromatic heterocycles. The number of hydrogen-bond donors (Lipinski definition) is 4. The van der Waals surface area contributed by atoms with E-state index in [0.717, 1.165) is 31.9 Å². The molecule has 7 heteroatoms. The largest absolute Gasteiger partial charge is 0.341 e. The average Bonchev–Trinajstić information content (AvgIpc) is 2.50. The minimum atomic E-state index is -0.273. The predicted octanol–water partition coefficient (Wildman–Crippen LogP) is 0.282. The highest BCUT2D eigenvalue weighted by Gasteiger charge is 2.13. The van der Waals surface area contributed by atoms with E-state index in [1.54, 1.807) is 31.3 Å². The maximum Gasteiger partial charge on any atom is 0.318 e. The molecule has 0 aliphatic carbocycles. The van der Waals surface area contributed by atoms with Gasteiger partial charge in [0.15, 0.2) is 0 Å². The van der Waals surface area contributed by atoms with Gasteiger partial charge in [-0.3, -0.25) is 9.69 Å². The molecule has 1 aromatic carbocycles. The fourth-order valence-corrected chi connectivity index (χ4v) is 2.10. The van der Waals surface area contributed by atoms with Crippen LogP contribution in [0.1, 0.15) is 0 Å². The highest BCUT2D eigenvalue weighted by Crippen LogP contribution is 2.13. The number of rotatable bonds is 4. The highest BCUT2D eigenvalue weighted by atomic mass is 16.2. The van der Waals surface area contributed by atoms with Crippen LogP contribution in [0.2, 0.25) is 0 Å². The summed E-state index contributed by atoms with van der Waals surface area (Å²) in [5, 5.41) is 11.2. The summed E-state index contributed by atoms with van der Waals surface area (Å²) in [4.78, 5) is 25.2. The van der Waals surface area contributed by atoms with Crippen LogP contribution in [-0.4, -0.2) is 56.6 Å². The quantitative estimate of drug-likeness (QED) is 0.642. The van der Waals surface area contributed by atoms with Crippen LogP contribution in [0.4, 0.5) is 16.2 Å². The number of anilines is 2. The van der Waals surface area contributed by atoms with Crippen molar-refractivity contribution in [2.24, 2.45) is 0 Å². The lowest BCUT2D eigenvalue weighted by Crippen LogP contribution is -2.46. The van der Waals surface area contributed by atoms with Gasteiger partial charge in [0, 0.05) is 44.6 Å². The van der Waals surface area contributed by atoms with Crippen LogP contribution in [-0.2, 0) is 4.79 Å².